The van der Waals surface area contributed by atoms with E-state index in [-0.39, 0.29) is 0 Å². The van der Waals surface area contributed by atoms with Gasteiger partial charge in [-0.2, -0.15) is 4.31 Å². The van der Waals surface area contributed by atoms with E-state index in [1.54, 1.807) is 6.07 Å². The van der Waals surface area contributed by atoms with E-state index in [9.17, 15) is 12.6 Å². The van der Waals surface area contributed by atoms with E-state index >= 15 is 0 Å². The molecule has 0 amide bonds. The first-order valence-corrected chi connectivity index (χ1v) is 10.4. The van der Waals surface area contributed by atoms with Gasteiger partial charge in [0.15, 0.2) is 0 Å². The Bertz CT molecular complexity index is 571. The van der Waals surface area contributed by atoms with Crippen LogP contribution in [0.25, 0.3) is 0 Å². The van der Waals surface area contributed by atoms with Gasteiger partial charge in [0.25, 0.3) is 0 Å². The normalized spacial score (nSPS) is 18.8. The zero-order valence-electron chi connectivity index (χ0n) is 11.7. The molecular weight excluding hydrogens is 316 g/mol. The molecule has 1 aliphatic heterocycles. The van der Waals surface area contributed by atoms with Crippen LogP contribution in [0.4, 0.5) is 0 Å². The molecule has 1 aliphatic rings. The molecule has 20 heavy (non-hydrogen) atoms. The molecule has 8 heteroatoms. The van der Waals surface area contributed by atoms with Crippen LogP contribution in [0.1, 0.15) is 18.7 Å². The average Bonchev–Trinajstić information content (AvgIpc) is 2.86. The van der Waals surface area contributed by atoms with Crippen molar-refractivity contribution in [2.75, 3.05) is 24.6 Å². The second-order valence-corrected chi connectivity index (χ2v) is 9.60. The predicted octanol–water partition coefficient (Wildman–Crippen LogP) is 0.999. The summed E-state index contributed by atoms with van der Waals surface area (Å²) in [6.45, 7) is 5.32. The van der Waals surface area contributed by atoms with Crippen LogP contribution in [0.15, 0.2) is 16.3 Å². The SMILES string of the molecule is CC(C)NCc1sccc1S(=O)(=O)N1CCS(=O)CC1. The highest BCUT2D eigenvalue weighted by Crippen LogP contribution is 2.26. The molecule has 1 aromatic heterocycles. The lowest BCUT2D eigenvalue weighted by Crippen LogP contribution is -2.41. The Morgan fingerprint density at radius 1 is 1.40 bits per heavy atom. The lowest BCUT2D eigenvalue weighted by atomic mass is 10.4. The van der Waals surface area contributed by atoms with Gasteiger partial charge in [0.05, 0.1) is 4.90 Å². The summed E-state index contributed by atoms with van der Waals surface area (Å²) in [6, 6.07) is 1.98. The molecule has 114 valence electrons. The molecule has 1 N–H and O–H groups in total. The van der Waals surface area contributed by atoms with Crippen molar-refractivity contribution in [3.63, 3.8) is 0 Å². The van der Waals surface area contributed by atoms with Crippen molar-refractivity contribution in [1.82, 2.24) is 9.62 Å². The molecule has 1 fully saturated rings. The first kappa shape index (κ1) is 16.1. The monoisotopic (exact) mass is 336 g/mol. The van der Waals surface area contributed by atoms with Gasteiger partial charge in [0.2, 0.25) is 10.0 Å². The van der Waals surface area contributed by atoms with Crippen molar-refractivity contribution >= 4 is 32.2 Å². The molecule has 0 unspecified atom stereocenters. The summed E-state index contributed by atoms with van der Waals surface area (Å²) in [6.07, 6.45) is 0. The fourth-order valence-corrected chi connectivity index (χ4v) is 6.08. The van der Waals surface area contributed by atoms with E-state index in [4.69, 9.17) is 0 Å². The molecule has 1 saturated heterocycles. The lowest BCUT2D eigenvalue weighted by molar-refractivity contribution is 0.438. The van der Waals surface area contributed by atoms with Gasteiger partial charge in [-0.3, -0.25) is 4.21 Å². The van der Waals surface area contributed by atoms with E-state index < -0.39 is 20.8 Å². The third kappa shape index (κ3) is 3.67. The Balaban J connectivity index is 2.17. The van der Waals surface area contributed by atoms with Crippen LogP contribution in [-0.4, -0.2) is 47.6 Å². The third-order valence-corrected chi connectivity index (χ3v) is 7.44. The van der Waals surface area contributed by atoms with Gasteiger partial charge in [-0.15, -0.1) is 11.3 Å². The van der Waals surface area contributed by atoms with Crippen molar-refractivity contribution in [2.24, 2.45) is 0 Å². The molecule has 0 atom stereocenters. The largest absolute Gasteiger partial charge is 0.310 e. The highest BCUT2D eigenvalue weighted by atomic mass is 32.2. The number of sulfonamides is 1. The second-order valence-electron chi connectivity index (χ2n) is 5.00. The predicted molar refractivity (Wildman–Crippen MR) is 82.9 cm³/mol. The Hall–Kier alpha value is -0.280. The summed E-state index contributed by atoms with van der Waals surface area (Å²) in [5.74, 6) is 0.867. The van der Waals surface area contributed by atoms with Gasteiger partial charge in [-0.1, -0.05) is 13.8 Å². The summed E-state index contributed by atoms with van der Waals surface area (Å²) in [4.78, 5) is 1.23. The van der Waals surface area contributed by atoms with Gasteiger partial charge >= 0.3 is 0 Å². The van der Waals surface area contributed by atoms with Crippen LogP contribution in [0.5, 0.6) is 0 Å². The maximum Gasteiger partial charge on any atom is 0.244 e. The van der Waals surface area contributed by atoms with Gasteiger partial charge in [0.1, 0.15) is 0 Å². The number of hydrogen-bond acceptors (Lipinski definition) is 5. The van der Waals surface area contributed by atoms with Crippen molar-refractivity contribution < 1.29 is 12.6 Å². The van der Waals surface area contributed by atoms with Crippen LogP contribution in [-0.2, 0) is 27.4 Å². The Kier molecular flexibility index (Phi) is 5.36. The van der Waals surface area contributed by atoms with E-state index in [0.29, 0.717) is 42.1 Å². The number of hydrogen-bond donors (Lipinski definition) is 1. The molecule has 0 spiro atoms. The molecule has 5 nitrogen and oxygen atoms in total. The van der Waals surface area contributed by atoms with Crippen LogP contribution >= 0.6 is 11.3 Å². The van der Waals surface area contributed by atoms with E-state index in [0.717, 1.165) is 4.88 Å². The minimum Gasteiger partial charge on any atom is -0.310 e. The van der Waals surface area contributed by atoms with Crippen molar-refractivity contribution in [3.05, 3.63) is 16.3 Å². The Morgan fingerprint density at radius 3 is 2.65 bits per heavy atom. The van der Waals surface area contributed by atoms with E-state index in [1.165, 1.54) is 15.6 Å². The highest BCUT2D eigenvalue weighted by molar-refractivity contribution is 7.89. The minimum absolute atomic E-state index is 0.310. The van der Waals surface area contributed by atoms with E-state index in [1.807, 2.05) is 19.2 Å². The highest BCUT2D eigenvalue weighted by Gasteiger charge is 2.30. The Morgan fingerprint density at radius 2 is 2.05 bits per heavy atom. The first-order chi connectivity index (χ1) is 9.41. The maximum atomic E-state index is 12.6. The maximum absolute atomic E-state index is 12.6. The number of rotatable bonds is 5. The average molecular weight is 337 g/mol. The second kappa shape index (κ2) is 6.65. The fourth-order valence-electron chi connectivity index (χ4n) is 1.98. The third-order valence-electron chi connectivity index (χ3n) is 3.13. The molecule has 2 heterocycles. The minimum atomic E-state index is -3.45. The van der Waals surface area contributed by atoms with Crippen molar-refractivity contribution in [3.8, 4) is 0 Å². The van der Waals surface area contributed by atoms with Gasteiger partial charge in [0, 0.05) is 52.9 Å². The lowest BCUT2D eigenvalue weighted by Gasteiger charge is -2.25. The summed E-state index contributed by atoms with van der Waals surface area (Å²) >= 11 is 1.45. The zero-order valence-corrected chi connectivity index (χ0v) is 14.1. The van der Waals surface area contributed by atoms with Gasteiger partial charge in [-0.05, 0) is 11.4 Å². The summed E-state index contributed by atoms with van der Waals surface area (Å²) in [5, 5.41) is 5.06. The number of nitrogens with one attached hydrogen (secondary N) is 1. The van der Waals surface area contributed by atoms with Crippen molar-refractivity contribution in [1.29, 1.82) is 0 Å². The van der Waals surface area contributed by atoms with Crippen LogP contribution < -0.4 is 5.32 Å². The molecular formula is C12H20N2O3S3. The Labute approximate surface area is 126 Å². The van der Waals surface area contributed by atoms with Gasteiger partial charge in [-0.25, -0.2) is 8.42 Å². The van der Waals surface area contributed by atoms with Crippen LogP contribution in [0.3, 0.4) is 0 Å². The fraction of sp³-hybridized carbons (Fsp3) is 0.667. The van der Waals surface area contributed by atoms with Crippen molar-refractivity contribution in [2.45, 2.75) is 31.3 Å². The quantitative estimate of drug-likeness (QED) is 0.871. The standard InChI is InChI=1S/C12H20N2O3S3/c1-10(2)13-9-11-12(3-6-18-11)20(16,17)14-4-7-19(15)8-5-14/h3,6,10,13H,4-5,7-9H2,1-2H3. The number of nitrogens with zero attached hydrogens (tertiary/aromatic N) is 1. The molecule has 0 radical (unpaired) electrons. The van der Waals surface area contributed by atoms with E-state index in [2.05, 4.69) is 5.32 Å². The van der Waals surface area contributed by atoms with Crippen LogP contribution in [0, 0.1) is 0 Å². The van der Waals surface area contributed by atoms with Gasteiger partial charge < -0.3 is 5.32 Å². The topological polar surface area (TPSA) is 66.5 Å². The molecule has 0 aromatic carbocycles. The first-order valence-electron chi connectivity index (χ1n) is 6.56. The summed E-state index contributed by atoms with van der Waals surface area (Å²) in [7, 11) is -4.32. The number of thiophene rings is 1. The smallest absolute Gasteiger partial charge is 0.244 e. The molecule has 0 bridgehead atoms. The summed E-state index contributed by atoms with van der Waals surface area (Å²) < 4.78 is 38.1. The van der Waals surface area contributed by atoms with Crippen LogP contribution in [0.2, 0.25) is 0 Å². The molecule has 2 rings (SSSR count). The molecule has 0 saturated carbocycles. The summed E-state index contributed by atoms with van der Waals surface area (Å²) in [5.41, 5.74) is 0. The zero-order chi connectivity index (χ0) is 14.8. The molecule has 1 aromatic rings. The molecule has 0 aliphatic carbocycles.